The Balaban J connectivity index is 0.000000339. The Kier molecular flexibility index (Phi) is 7.31. The van der Waals surface area contributed by atoms with E-state index in [-0.39, 0.29) is 11.5 Å². The predicted molar refractivity (Wildman–Crippen MR) is 105 cm³/mol. The monoisotopic (exact) mass is 446 g/mol. The molecular weight excluding hydrogens is 417 g/mol. The molecule has 1 aromatic heterocycles. The van der Waals surface area contributed by atoms with Gasteiger partial charge in [0.2, 0.25) is 0 Å². The number of alkyl halides is 3. The van der Waals surface area contributed by atoms with Crippen LogP contribution < -0.4 is 0 Å². The number of aliphatic carboxylic acids is 1. The van der Waals surface area contributed by atoms with Crippen molar-refractivity contribution in [2.75, 3.05) is 39.3 Å². The highest BCUT2D eigenvalue weighted by Gasteiger charge is 2.49. The molecule has 1 atom stereocenters. The summed E-state index contributed by atoms with van der Waals surface area (Å²) in [5.74, 6) is -1.32. The predicted octanol–water partition coefficient (Wildman–Crippen LogP) is 3.33. The van der Waals surface area contributed by atoms with Crippen LogP contribution in [0.4, 0.5) is 13.2 Å². The fraction of sp³-hybridized carbons (Fsp3) is 0.714. The van der Waals surface area contributed by atoms with Crippen molar-refractivity contribution in [2.24, 2.45) is 5.92 Å². The quantitative estimate of drug-likeness (QED) is 0.767. The van der Waals surface area contributed by atoms with Crippen molar-refractivity contribution in [3.8, 4) is 0 Å². The number of carbonyl (C=O) groups excluding carboxylic acids is 1. The number of hydrogen-bond donors (Lipinski definition) is 1. The van der Waals surface area contributed by atoms with Crippen LogP contribution in [0.25, 0.3) is 0 Å². The van der Waals surface area contributed by atoms with Crippen LogP contribution in [0.15, 0.2) is 16.7 Å². The first-order valence-corrected chi connectivity index (χ1v) is 10.6. The van der Waals surface area contributed by atoms with E-state index in [0.29, 0.717) is 17.2 Å². The number of aryl methyl sites for hydroxylation is 1. The van der Waals surface area contributed by atoms with E-state index in [0.717, 1.165) is 26.1 Å². The SMILES string of the molecule is Cc1occc1C(=O)N1CC2(CCC(CN3CCCCC3)CO2)C1.O=C(O)C(F)(F)F. The number of carboxylic acids is 1. The number of carboxylic acid groups (broad SMARTS) is 1. The van der Waals surface area contributed by atoms with Crippen LogP contribution in [0.2, 0.25) is 0 Å². The lowest BCUT2D eigenvalue weighted by Gasteiger charge is -2.53. The third-order valence-corrected chi connectivity index (χ3v) is 6.18. The van der Waals surface area contributed by atoms with E-state index in [1.54, 1.807) is 12.3 Å². The van der Waals surface area contributed by atoms with Gasteiger partial charge in [-0.25, -0.2) is 4.79 Å². The van der Waals surface area contributed by atoms with Crippen LogP contribution in [-0.2, 0) is 9.53 Å². The zero-order valence-electron chi connectivity index (χ0n) is 17.6. The number of hydrogen-bond acceptors (Lipinski definition) is 5. The van der Waals surface area contributed by atoms with Crippen LogP contribution in [0.5, 0.6) is 0 Å². The van der Waals surface area contributed by atoms with Gasteiger partial charge in [0, 0.05) is 6.54 Å². The molecule has 0 radical (unpaired) electrons. The second kappa shape index (κ2) is 9.60. The molecular formula is C21H29F3N2O5. The summed E-state index contributed by atoms with van der Waals surface area (Å²) in [5, 5.41) is 7.12. The minimum absolute atomic E-state index is 0.0749. The second-order valence-corrected chi connectivity index (χ2v) is 8.61. The molecule has 1 unspecified atom stereocenters. The first-order valence-electron chi connectivity index (χ1n) is 10.6. The van der Waals surface area contributed by atoms with Crippen LogP contribution in [0.3, 0.4) is 0 Å². The van der Waals surface area contributed by atoms with Crippen molar-refractivity contribution in [3.63, 3.8) is 0 Å². The Bertz CT molecular complexity index is 757. The smallest absolute Gasteiger partial charge is 0.475 e. The maximum absolute atomic E-state index is 12.5. The summed E-state index contributed by atoms with van der Waals surface area (Å²) in [5.41, 5.74) is 0.606. The lowest BCUT2D eigenvalue weighted by atomic mass is 9.82. The number of amides is 1. The fourth-order valence-corrected chi connectivity index (χ4v) is 4.39. The number of piperidine rings is 1. The van der Waals surface area contributed by atoms with Gasteiger partial charge in [0.1, 0.15) is 11.4 Å². The molecule has 4 heterocycles. The minimum Gasteiger partial charge on any atom is -0.475 e. The molecule has 3 fully saturated rings. The highest BCUT2D eigenvalue weighted by molar-refractivity contribution is 5.95. The molecule has 0 aliphatic carbocycles. The third kappa shape index (κ3) is 6.00. The number of rotatable bonds is 3. The first kappa shape index (κ1) is 23.6. The van der Waals surface area contributed by atoms with E-state index in [1.165, 1.54) is 45.3 Å². The van der Waals surface area contributed by atoms with E-state index in [9.17, 15) is 18.0 Å². The van der Waals surface area contributed by atoms with E-state index >= 15 is 0 Å². The van der Waals surface area contributed by atoms with Gasteiger partial charge in [-0.3, -0.25) is 4.79 Å². The second-order valence-electron chi connectivity index (χ2n) is 8.61. The number of nitrogens with zero attached hydrogens (tertiary/aromatic N) is 2. The summed E-state index contributed by atoms with van der Waals surface area (Å²) >= 11 is 0. The maximum Gasteiger partial charge on any atom is 0.490 e. The summed E-state index contributed by atoms with van der Waals surface area (Å²) in [6.07, 6.45) is 2.90. The maximum atomic E-state index is 12.5. The van der Waals surface area contributed by atoms with Gasteiger partial charge < -0.3 is 24.1 Å². The number of likely N-dealkylation sites (tertiary alicyclic amines) is 2. The van der Waals surface area contributed by atoms with E-state index in [2.05, 4.69) is 4.90 Å². The summed E-state index contributed by atoms with van der Waals surface area (Å²) < 4.78 is 43.2. The van der Waals surface area contributed by atoms with Gasteiger partial charge >= 0.3 is 12.1 Å². The van der Waals surface area contributed by atoms with Crippen molar-refractivity contribution >= 4 is 11.9 Å². The van der Waals surface area contributed by atoms with E-state index < -0.39 is 12.1 Å². The van der Waals surface area contributed by atoms with Gasteiger partial charge in [0.15, 0.2) is 0 Å². The molecule has 4 rings (SSSR count). The molecule has 7 nitrogen and oxygen atoms in total. The van der Waals surface area contributed by atoms with Crippen molar-refractivity contribution in [1.82, 2.24) is 9.80 Å². The highest BCUT2D eigenvalue weighted by Crippen LogP contribution is 2.37. The van der Waals surface area contributed by atoms with Gasteiger partial charge in [0.25, 0.3) is 5.91 Å². The molecule has 1 amide bonds. The standard InChI is InChI=1S/C19H28N2O3.C2HF3O2/c1-15-17(6-10-23-15)18(22)21-13-19(14-21)7-5-16(12-24-19)11-20-8-3-2-4-9-20;3-2(4,5)1(6)7/h6,10,16H,2-5,7-9,11-14H2,1H3;(H,6,7). The fourth-order valence-electron chi connectivity index (χ4n) is 4.39. The molecule has 3 aliphatic heterocycles. The summed E-state index contributed by atoms with van der Waals surface area (Å²) in [6.45, 7) is 7.85. The molecule has 31 heavy (non-hydrogen) atoms. The Morgan fingerprint density at radius 3 is 2.35 bits per heavy atom. The van der Waals surface area contributed by atoms with Crippen molar-refractivity contribution < 1.29 is 37.0 Å². The Morgan fingerprint density at radius 1 is 1.23 bits per heavy atom. The number of furan rings is 1. The first-order chi connectivity index (χ1) is 14.6. The molecule has 0 saturated carbocycles. The highest BCUT2D eigenvalue weighted by atomic mass is 19.4. The van der Waals surface area contributed by atoms with E-state index in [4.69, 9.17) is 19.1 Å². The number of halogens is 3. The van der Waals surface area contributed by atoms with Gasteiger partial charge in [-0.2, -0.15) is 13.2 Å². The lowest BCUT2D eigenvalue weighted by molar-refractivity contribution is -0.192. The molecule has 1 N–H and O–H groups in total. The zero-order valence-corrected chi connectivity index (χ0v) is 17.6. The van der Waals surface area contributed by atoms with Crippen molar-refractivity contribution in [1.29, 1.82) is 0 Å². The molecule has 3 aliphatic rings. The van der Waals surface area contributed by atoms with Crippen molar-refractivity contribution in [3.05, 3.63) is 23.7 Å². The minimum atomic E-state index is -5.08. The van der Waals surface area contributed by atoms with Crippen LogP contribution in [-0.4, -0.2) is 77.9 Å². The van der Waals surface area contributed by atoms with Crippen LogP contribution in [0.1, 0.15) is 48.2 Å². The Labute approximate surface area is 179 Å². The summed E-state index contributed by atoms with van der Waals surface area (Å²) in [6, 6.07) is 1.76. The molecule has 10 heteroatoms. The van der Waals surface area contributed by atoms with Crippen LogP contribution >= 0.6 is 0 Å². The Morgan fingerprint density at radius 2 is 1.87 bits per heavy atom. The molecule has 1 aromatic rings. The molecule has 174 valence electrons. The number of carbonyl (C=O) groups is 2. The lowest BCUT2D eigenvalue weighted by Crippen LogP contribution is -2.66. The van der Waals surface area contributed by atoms with Crippen molar-refractivity contribution in [2.45, 2.75) is 50.8 Å². The molecule has 1 spiro atoms. The topological polar surface area (TPSA) is 83.2 Å². The Hall–Kier alpha value is -2.07. The third-order valence-electron chi connectivity index (χ3n) is 6.18. The number of ether oxygens (including phenoxy) is 1. The summed E-state index contributed by atoms with van der Waals surface area (Å²) in [7, 11) is 0. The molecule has 3 saturated heterocycles. The average Bonchev–Trinajstić information content (AvgIpc) is 3.13. The largest absolute Gasteiger partial charge is 0.490 e. The average molecular weight is 446 g/mol. The normalized spacial score (nSPS) is 23.6. The zero-order chi connectivity index (χ0) is 22.6. The van der Waals surface area contributed by atoms with E-state index in [1.807, 2.05) is 11.8 Å². The molecule has 0 aromatic carbocycles. The van der Waals surface area contributed by atoms with Gasteiger partial charge in [-0.15, -0.1) is 0 Å². The van der Waals surface area contributed by atoms with Gasteiger partial charge in [0.05, 0.1) is 31.5 Å². The van der Waals surface area contributed by atoms with Crippen LogP contribution in [0, 0.1) is 12.8 Å². The van der Waals surface area contributed by atoms with Gasteiger partial charge in [-0.05, 0) is 57.7 Å². The molecule has 0 bridgehead atoms. The summed E-state index contributed by atoms with van der Waals surface area (Å²) in [4.78, 5) is 25.9. The van der Waals surface area contributed by atoms with Gasteiger partial charge in [-0.1, -0.05) is 6.42 Å².